The first kappa shape index (κ1) is 14.1. The lowest BCUT2D eigenvalue weighted by Crippen LogP contribution is -2.15. The largest absolute Gasteiger partial charge is 0.350 e. The maximum Gasteiger partial charge on any atom is 0.255 e. The standard InChI is InChI=1S/C16H17N5O/c1-10-11(2)18-16(19-15(10)22)20-17-8-12-9-21(3)14-7-5-4-6-13(12)14/h4-9H,1-3H3,(H2,18,19,20,22)/b17-8-. The Hall–Kier alpha value is -2.89. The predicted molar refractivity (Wildman–Crippen MR) is 88.5 cm³/mol. The summed E-state index contributed by atoms with van der Waals surface area (Å²) in [6, 6.07) is 8.11. The Morgan fingerprint density at radius 1 is 1.32 bits per heavy atom. The third kappa shape index (κ3) is 2.50. The summed E-state index contributed by atoms with van der Waals surface area (Å²) in [4.78, 5) is 18.6. The second-order valence-corrected chi connectivity index (χ2v) is 5.21. The van der Waals surface area contributed by atoms with Gasteiger partial charge in [0.15, 0.2) is 0 Å². The molecular weight excluding hydrogens is 278 g/mol. The summed E-state index contributed by atoms with van der Waals surface area (Å²) >= 11 is 0. The fraction of sp³-hybridized carbons (Fsp3) is 0.188. The minimum atomic E-state index is -0.157. The van der Waals surface area contributed by atoms with Gasteiger partial charge in [0, 0.05) is 41.0 Å². The summed E-state index contributed by atoms with van der Waals surface area (Å²) in [6.07, 6.45) is 3.73. The highest BCUT2D eigenvalue weighted by Gasteiger charge is 2.04. The normalized spacial score (nSPS) is 11.4. The van der Waals surface area contributed by atoms with Crippen molar-refractivity contribution in [2.45, 2.75) is 13.8 Å². The highest BCUT2D eigenvalue weighted by atomic mass is 16.1. The molecule has 6 heteroatoms. The molecule has 1 aromatic carbocycles. The summed E-state index contributed by atoms with van der Waals surface area (Å²) in [7, 11) is 2.00. The lowest BCUT2D eigenvalue weighted by Gasteiger charge is -2.02. The van der Waals surface area contributed by atoms with Crippen LogP contribution in [0.15, 0.2) is 40.4 Å². The van der Waals surface area contributed by atoms with Crippen LogP contribution >= 0.6 is 0 Å². The lowest BCUT2D eigenvalue weighted by atomic mass is 10.2. The van der Waals surface area contributed by atoms with Crippen molar-refractivity contribution in [2.75, 3.05) is 5.43 Å². The van der Waals surface area contributed by atoms with Gasteiger partial charge in [-0.05, 0) is 19.9 Å². The number of hydrazone groups is 1. The monoisotopic (exact) mass is 295 g/mol. The molecule has 0 amide bonds. The van der Waals surface area contributed by atoms with Crippen molar-refractivity contribution in [1.29, 1.82) is 0 Å². The highest BCUT2D eigenvalue weighted by Crippen LogP contribution is 2.18. The fourth-order valence-electron chi connectivity index (χ4n) is 2.34. The average molecular weight is 295 g/mol. The first-order valence-electron chi connectivity index (χ1n) is 6.97. The molecule has 3 aromatic rings. The van der Waals surface area contributed by atoms with Crippen LogP contribution in [-0.4, -0.2) is 20.7 Å². The van der Waals surface area contributed by atoms with Gasteiger partial charge < -0.3 is 4.57 Å². The average Bonchev–Trinajstić information content (AvgIpc) is 2.82. The van der Waals surface area contributed by atoms with Crippen LogP contribution in [0.25, 0.3) is 10.9 Å². The molecule has 0 aliphatic carbocycles. The quantitative estimate of drug-likeness (QED) is 0.575. The number of aromatic amines is 1. The molecule has 6 nitrogen and oxygen atoms in total. The summed E-state index contributed by atoms with van der Waals surface area (Å²) < 4.78 is 2.05. The summed E-state index contributed by atoms with van der Waals surface area (Å²) in [5.74, 6) is 0.338. The van der Waals surface area contributed by atoms with Gasteiger partial charge in [-0.15, -0.1) is 0 Å². The highest BCUT2D eigenvalue weighted by molar-refractivity contribution is 5.99. The fourth-order valence-corrected chi connectivity index (χ4v) is 2.34. The maximum absolute atomic E-state index is 11.7. The Morgan fingerprint density at radius 3 is 2.86 bits per heavy atom. The molecule has 0 saturated carbocycles. The number of hydrogen-bond donors (Lipinski definition) is 2. The van der Waals surface area contributed by atoms with Crippen molar-refractivity contribution in [3.05, 3.63) is 57.6 Å². The van der Waals surface area contributed by atoms with E-state index in [2.05, 4.69) is 26.6 Å². The van der Waals surface area contributed by atoms with Gasteiger partial charge in [0.05, 0.1) is 6.21 Å². The van der Waals surface area contributed by atoms with Gasteiger partial charge in [-0.3, -0.25) is 9.78 Å². The van der Waals surface area contributed by atoms with E-state index in [1.807, 2.05) is 36.0 Å². The van der Waals surface area contributed by atoms with Gasteiger partial charge in [0.2, 0.25) is 5.95 Å². The number of aromatic nitrogens is 3. The molecule has 3 rings (SSSR count). The van der Waals surface area contributed by atoms with Gasteiger partial charge in [0.25, 0.3) is 5.56 Å². The Labute approximate surface area is 127 Å². The van der Waals surface area contributed by atoms with Crippen LogP contribution in [0.2, 0.25) is 0 Å². The van der Waals surface area contributed by atoms with Gasteiger partial charge >= 0.3 is 0 Å². The number of H-pyrrole nitrogens is 1. The Kier molecular flexibility index (Phi) is 3.50. The zero-order valence-electron chi connectivity index (χ0n) is 12.7. The van der Waals surface area contributed by atoms with Crippen LogP contribution in [0, 0.1) is 13.8 Å². The summed E-state index contributed by atoms with van der Waals surface area (Å²) in [6.45, 7) is 3.54. The molecule has 0 atom stereocenters. The number of rotatable bonds is 3. The molecule has 0 fully saturated rings. The number of anilines is 1. The number of nitrogens with zero attached hydrogens (tertiary/aromatic N) is 3. The Bertz CT molecular complexity index is 920. The zero-order valence-corrected chi connectivity index (χ0v) is 12.7. The van der Waals surface area contributed by atoms with Gasteiger partial charge in [-0.25, -0.2) is 10.4 Å². The smallest absolute Gasteiger partial charge is 0.255 e. The molecule has 2 aromatic heterocycles. The van der Waals surface area contributed by atoms with E-state index in [0.717, 1.165) is 16.5 Å². The van der Waals surface area contributed by atoms with Gasteiger partial charge in [-0.1, -0.05) is 18.2 Å². The number of aryl methyl sites for hydroxylation is 2. The van der Waals surface area contributed by atoms with E-state index < -0.39 is 0 Å². The van der Waals surface area contributed by atoms with Crippen LogP contribution in [-0.2, 0) is 7.05 Å². The molecule has 112 valence electrons. The topological polar surface area (TPSA) is 75.1 Å². The third-order valence-electron chi connectivity index (χ3n) is 3.70. The van der Waals surface area contributed by atoms with E-state index in [-0.39, 0.29) is 5.56 Å². The van der Waals surface area contributed by atoms with Crippen molar-refractivity contribution in [3.8, 4) is 0 Å². The zero-order chi connectivity index (χ0) is 15.7. The van der Waals surface area contributed by atoms with Crippen molar-refractivity contribution >= 4 is 23.1 Å². The van der Waals surface area contributed by atoms with Crippen LogP contribution in [0.3, 0.4) is 0 Å². The second-order valence-electron chi connectivity index (χ2n) is 5.21. The van der Waals surface area contributed by atoms with Crippen LogP contribution in [0.1, 0.15) is 16.8 Å². The number of nitrogens with one attached hydrogen (secondary N) is 2. The molecule has 22 heavy (non-hydrogen) atoms. The third-order valence-corrected chi connectivity index (χ3v) is 3.70. The number of fused-ring (bicyclic) bond motifs is 1. The van der Waals surface area contributed by atoms with E-state index in [1.54, 1.807) is 20.1 Å². The maximum atomic E-state index is 11.7. The van der Waals surface area contributed by atoms with E-state index in [9.17, 15) is 4.79 Å². The molecule has 0 aliphatic heterocycles. The molecule has 0 unspecified atom stereocenters. The van der Waals surface area contributed by atoms with Gasteiger partial charge in [0.1, 0.15) is 0 Å². The molecule has 0 saturated heterocycles. The minimum absolute atomic E-state index is 0.157. The molecule has 2 heterocycles. The van der Waals surface area contributed by atoms with Crippen molar-refractivity contribution in [2.24, 2.45) is 12.1 Å². The van der Waals surface area contributed by atoms with E-state index in [0.29, 0.717) is 17.2 Å². The first-order chi connectivity index (χ1) is 10.6. The number of hydrogen-bond acceptors (Lipinski definition) is 4. The molecular formula is C16H17N5O. The summed E-state index contributed by atoms with van der Waals surface area (Å²) in [5.41, 5.74) is 6.05. The second kappa shape index (κ2) is 5.48. The molecule has 0 spiro atoms. The predicted octanol–water partition coefficient (Wildman–Crippen LogP) is 2.32. The van der Waals surface area contributed by atoms with Crippen LogP contribution in [0.5, 0.6) is 0 Å². The molecule has 0 radical (unpaired) electrons. The molecule has 0 bridgehead atoms. The molecule has 0 aliphatic rings. The Balaban J connectivity index is 1.87. The van der Waals surface area contributed by atoms with E-state index in [1.165, 1.54) is 0 Å². The lowest BCUT2D eigenvalue weighted by molar-refractivity contribution is 0.968. The van der Waals surface area contributed by atoms with Crippen LogP contribution < -0.4 is 11.0 Å². The van der Waals surface area contributed by atoms with E-state index in [4.69, 9.17) is 0 Å². The Morgan fingerprint density at radius 2 is 2.09 bits per heavy atom. The number of benzene rings is 1. The van der Waals surface area contributed by atoms with Crippen LogP contribution in [0.4, 0.5) is 5.95 Å². The molecule has 2 N–H and O–H groups in total. The van der Waals surface area contributed by atoms with Gasteiger partial charge in [-0.2, -0.15) is 5.10 Å². The van der Waals surface area contributed by atoms with Crippen molar-refractivity contribution in [3.63, 3.8) is 0 Å². The summed E-state index contributed by atoms with van der Waals surface area (Å²) in [5, 5.41) is 5.29. The van der Waals surface area contributed by atoms with Crippen molar-refractivity contribution < 1.29 is 0 Å². The van der Waals surface area contributed by atoms with E-state index >= 15 is 0 Å². The number of para-hydroxylation sites is 1. The SMILES string of the molecule is Cc1nc(N/N=C\c2cn(C)c3ccccc23)[nH]c(=O)c1C. The first-order valence-corrected chi connectivity index (χ1v) is 6.97. The minimum Gasteiger partial charge on any atom is -0.350 e. The van der Waals surface area contributed by atoms with Crippen molar-refractivity contribution in [1.82, 2.24) is 14.5 Å².